The third-order valence-corrected chi connectivity index (χ3v) is 7.06. The quantitative estimate of drug-likeness (QED) is 0.265. The van der Waals surface area contributed by atoms with Gasteiger partial charge < -0.3 is 19.5 Å². The Labute approximate surface area is 267 Å². The molecule has 44 heavy (non-hydrogen) atoms. The van der Waals surface area contributed by atoms with E-state index in [1.165, 1.54) is 31.5 Å². The van der Waals surface area contributed by atoms with E-state index >= 15 is 0 Å². The lowest BCUT2D eigenvalue weighted by Gasteiger charge is -2.31. The van der Waals surface area contributed by atoms with Crippen molar-refractivity contribution in [3.63, 3.8) is 0 Å². The van der Waals surface area contributed by atoms with Gasteiger partial charge in [-0.15, -0.1) is 12.8 Å². The maximum absolute atomic E-state index is 13.8. The molecular weight excluding hydrogens is 581 g/mol. The summed E-state index contributed by atoms with van der Waals surface area (Å²) < 4.78 is 24.3. The van der Waals surface area contributed by atoms with Crippen LogP contribution < -0.4 is 4.74 Å². The summed E-state index contributed by atoms with van der Waals surface area (Å²) in [6.45, 7) is 15.5. The van der Waals surface area contributed by atoms with Gasteiger partial charge >= 0.3 is 5.97 Å². The van der Waals surface area contributed by atoms with E-state index < -0.39 is 5.97 Å². The highest BCUT2D eigenvalue weighted by molar-refractivity contribution is 6.30. The third kappa shape index (κ3) is 13.9. The number of carbonyl (C=O) groups is 1. The second-order valence-electron chi connectivity index (χ2n) is 9.91. The molecule has 2 aliphatic heterocycles. The van der Waals surface area contributed by atoms with Crippen molar-refractivity contribution < 1.29 is 23.8 Å². The molecule has 0 saturated carbocycles. The number of aryl methyl sites for hydroxylation is 2. The number of carboxylic acid groups (broad SMARTS) is 1. The van der Waals surface area contributed by atoms with Gasteiger partial charge in [-0.1, -0.05) is 50.6 Å². The first-order valence-electron chi connectivity index (χ1n) is 15.1. The fraction of sp³-hybridized carbons (Fsp3) is 0.457. The molecule has 240 valence electrons. The molecule has 2 aromatic heterocycles. The monoisotopic (exact) mass is 627 g/mol. The van der Waals surface area contributed by atoms with E-state index in [4.69, 9.17) is 26.2 Å². The van der Waals surface area contributed by atoms with Gasteiger partial charge in [0.1, 0.15) is 18.1 Å². The number of carboxylic acids is 1. The number of hydrogen-bond acceptors (Lipinski definition) is 6. The molecule has 2 saturated heterocycles. The predicted molar refractivity (Wildman–Crippen MR) is 176 cm³/mol. The van der Waals surface area contributed by atoms with Crippen molar-refractivity contribution in [2.45, 2.75) is 72.8 Å². The minimum Gasteiger partial charge on any atom is -0.477 e. The van der Waals surface area contributed by atoms with E-state index in [0.29, 0.717) is 22.4 Å². The minimum atomic E-state index is -0.979. The summed E-state index contributed by atoms with van der Waals surface area (Å²) in [4.78, 5) is 21.4. The van der Waals surface area contributed by atoms with Crippen molar-refractivity contribution in [1.29, 1.82) is 0 Å². The molecule has 1 aromatic carbocycles. The normalized spacial score (nSPS) is 13.9. The maximum atomic E-state index is 13.8. The van der Waals surface area contributed by atoms with Crippen LogP contribution in [-0.4, -0.2) is 58.8 Å². The minimum absolute atomic E-state index is 0.105. The van der Waals surface area contributed by atoms with Crippen LogP contribution >= 0.6 is 11.6 Å². The van der Waals surface area contributed by atoms with Crippen molar-refractivity contribution in [2.24, 2.45) is 0 Å². The highest BCUT2D eigenvalue weighted by Crippen LogP contribution is 2.28. The number of aromatic nitrogens is 2. The van der Waals surface area contributed by atoms with Crippen LogP contribution in [0.4, 0.5) is 4.39 Å². The molecule has 0 amide bonds. The Morgan fingerprint density at radius 3 is 2.25 bits per heavy atom. The second-order valence-corrected chi connectivity index (χ2v) is 10.3. The average molecular weight is 628 g/mol. The van der Waals surface area contributed by atoms with Crippen molar-refractivity contribution in [2.75, 3.05) is 32.8 Å². The molecular formula is C35H47ClFN3O4. The van der Waals surface area contributed by atoms with Crippen molar-refractivity contribution in [3.8, 4) is 18.7 Å². The summed E-state index contributed by atoms with van der Waals surface area (Å²) >= 11 is 5.77. The molecule has 0 atom stereocenters. The lowest BCUT2D eigenvalue weighted by Crippen LogP contribution is -2.33. The molecule has 4 heterocycles. The highest BCUT2D eigenvalue weighted by Gasteiger charge is 2.21. The molecule has 0 unspecified atom stereocenters. The fourth-order valence-corrected chi connectivity index (χ4v) is 4.35. The van der Waals surface area contributed by atoms with Gasteiger partial charge in [0.2, 0.25) is 5.88 Å². The van der Waals surface area contributed by atoms with E-state index in [-0.39, 0.29) is 18.1 Å². The van der Waals surface area contributed by atoms with Crippen molar-refractivity contribution in [1.82, 2.24) is 14.9 Å². The van der Waals surface area contributed by atoms with Crippen molar-refractivity contribution in [3.05, 3.63) is 87.6 Å². The van der Waals surface area contributed by atoms with Crippen LogP contribution in [0.25, 0.3) is 0 Å². The van der Waals surface area contributed by atoms with Gasteiger partial charge in [0.25, 0.3) is 0 Å². The number of halogens is 2. The summed E-state index contributed by atoms with van der Waals surface area (Å²) in [6, 6.07) is 13.7. The van der Waals surface area contributed by atoms with E-state index in [0.717, 1.165) is 56.1 Å². The summed E-state index contributed by atoms with van der Waals surface area (Å²) in [5, 5.41) is 8.92. The summed E-state index contributed by atoms with van der Waals surface area (Å²) in [5.41, 5.74) is 3.43. The Bertz CT molecular complexity index is 1270. The standard InChI is InChI=1S/C20H24ClFN2O.C8H9NO2.C3H6O.C2H6.C2H2/c1-2-10-24-11-8-15(9-12-24)19-4-3-5-20(23-19)25-14-16-6-7-17(21)13-18(16)22;1-5-3-4-7(8(10)11)9-6(5)2;1-2-4-3-1;2*1-2/h3-7,13,15H,2,8-12,14H2,1H3;3-4H,1-2H3,(H,10,11);1-3H2;1-2H3;1-2H. The topological polar surface area (TPSA) is 84.8 Å². The number of nitrogens with zero attached hydrogens (tertiary/aromatic N) is 3. The number of terminal acetylenes is 1. The number of hydrogen-bond donors (Lipinski definition) is 1. The van der Waals surface area contributed by atoms with Crippen LogP contribution in [-0.2, 0) is 11.3 Å². The maximum Gasteiger partial charge on any atom is 0.354 e. The number of benzene rings is 1. The third-order valence-electron chi connectivity index (χ3n) is 6.83. The lowest BCUT2D eigenvalue weighted by molar-refractivity contribution is 0.0367. The summed E-state index contributed by atoms with van der Waals surface area (Å²) in [5.74, 6) is -0.313. The van der Waals surface area contributed by atoms with E-state index in [1.54, 1.807) is 25.1 Å². The number of likely N-dealkylation sites (tertiary alicyclic amines) is 1. The zero-order valence-corrected chi connectivity index (χ0v) is 27.4. The van der Waals surface area contributed by atoms with Crippen LogP contribution in [0.2, 0.25) is 5.02 Å². The Morgan fingerprint density at radius 2 is 1.73 bits per heavy atom. The smallest absolute Gasteiger partial charge is 0.354 e. The molecule has 2 aliphatic rings. The van der Waals surface area contributed by atoms with Gasteiger partial charge in [-0.05, 0) is 89.0 Å². The molecule has 3 aromatic rings. The van der Waals surface area contributed by atoms with E-state index in [9.17, 15) is 9.18 Å². The molecule has 0 bridgehead atoms. The van der Waals surface area contributed by atoms with Gasteiger partial charge in [-0.25, -0.2) is 19.2 Å². The SMILES string of the molecule is C#C.C1COC1.CC.CCCN1CCC(c2cccc(OCc3ccc(Cl)cc3F)n2)CC1.Cc1ccc(C(=O)O)nc1C. The Morgan fingerprint density at radius 1 is 1.09 bits per heavy atom. The molecule has 1 N–H and O–H groups in total. The number of aromatic carboxylic acids is 1. The molecule has 7 nitrogen and oxygen atoms in total. The molecule has 0 aliphatic carbocycles. The van der Waals surface area contributed by atoms with Gasteiger partial charge in [0, 0.05) is 47.2 Å². The Balaban J connectivity index is 0.000000418. The first-order valence-corrected chi connectivity index (χ1v) is 15.5. The van der Waals surface area contributed by atoms with Crippen molar-refractivity contribution >= 4 is 17.6 Å². The molecule has 0 spiro atoms. The number of ether oxygens (including phenoxy) is 2. The van der Waals surface area contributed by atoms with Crippen LogP contribution in [0.3, 0.4) is 0 Å². The highest BCUT2D eigenvalue weighted by atomic mass is 35.5. The fourth-order valence-electron chi connectivity index (χ4n) is 4.19. The number of piperidine rings is 1. The summed E-state index contributed by atoms with van der Waals surface area (Å²) in [6.07, 6.45) is 12.7. The zero-order chi connectivity index (χ0) is 32.9. The Hall–Kier alpha value is -3.51. The number of rotatable bonds is 7. The second kappa shape index (κ2) is 22.1. The average Bonchev–Trinajstić information content (AvgIpc) is 3.00. The van der Waals surface area contributed by atoms with E-state index in [1.807, 2.05) is 32.9 Å². The van der Waals surface area contributed by atoms with Gasteiger partial charge in [-0.3, -0.25) is 0 Å². The zero-order valence-electron chi connectivity index (χ0n) is 26.7. The first-order chi connectivity index (χ1) is 21.3. The predicted octanol–water partition coefficient (Wildman–Crippen LogP) is 8.12. The molecule has 0 radical (unpaired) electrons. The molecule has 5 rings (SSSR count). The van der Waals surface area contributed by atoms with E-state index in [2.05, 4.69) is 40.7 Å². The Kier molecular flexibility index (Phi) is 19.3. The molecule has 9 heteroatoms. The van der Waals surface area contributed by atoms with Crippen LogP contribution in [0.1, 0.15) is 85.4 Å². The van der Waals surface area contributed by atoms with Gasteiger partial charge in [-0.2, -0.15) is 0 Å². The number of pyridine rings is 2. The van der Waals surface area contributed by atoms with Crippen LogP contribution in [0, 0.1) is 32.5 Å². The summed E-state index contributed by atoms with van der Waals surface area (Å²) in [7, 11) is 0. The largest absolute Gasteiger partial charge is 0.477 e. The van der Waals surface area contributed by atoms with Crippen LogP contribution in [0.15, 0.2) is 48.5 Å². The van der Waals surface area contributed by atoms with Gasteiger partial charge in [0.15, 0.2) is 0 Å². The van der Waals surface area contributed by atoms with Gasteiger partial charge in [0.05, 0.1) is 0 Å². The first kappa shape index (κ1) is 38.5. The lowest BCUT2D eigenvalue weighted by atomic mass is 9.93. The molecule has 2 fully saturated rings. The van der Waals surface area contributed by atoms with Crippen LogP contribution in [0.5, 0.6) is 5.88 Å².